The Labute approximate surface area is 242 Å². The van der Waals surface area contributed by atoms with Crippen LogP contribution in [0.1, 0.15) is 32.3 Å². The highest BCUT2D eigenvalue weighted by molar-refractivity contribution is 7.98. The van der Waals surface area contributed by atoms with Crippen molar-refractivity contribution in [2.24, 2.45) is 11.8 Å². The molecule has 1 aromatic carbocycles. The maximum Gasteiger partial charge on any atom is 0.339 e. The molecule has 6 atom stereocenters. The third-order valence-electron chi connectivity index (χ3n) is 6.63. The number of carbonyl (C=O) groups is 3. The zero-order chi connectivity index (χ0) is 29.3. The average molecular weight is 578 g/mol. The summed E-state index contributed by atoms with van der Waals surface area (Å²) in [5.41, 5.74) is 0.918. The van der Waals surface area contributed by atoms with Crippen LogP contribution in [-0.2, 0) is 44.7 Å². The van der Waals surface area contributed by atoms with E-state index in [1.165, 1.54) is 7.11 Å². The van der Waals surface area contributed by atoms with E-state index in [0.717, 1.165) is 5.56 Å². The van der Waals surface area contributed by atoms with Gasteiger partial charge in [-0.1, -0.05) is 62.4 Å². The van der Waals surface area contributed by atoms with Gasteiger partial charge in [0.1, 0.15) is 19.3 Å². The van der Waals surface area contributed by atoms with Crippen LogP contribution in [0.2, 0.25) is 0 Å². The van der Waals surface area contributed by atoms with Gasteiger partial charge >= 0.3 is 11.9 Å². The maximum absolute atomic E-state index is 13.1. The number of methoxy groups -OCH3 is 2. The van der Waals surface area contributed by atoms with Gasteiger partial charge in [0.25, 0.3) is 0 Å². The van der Waals surface area contributed by atoms with Crippen molar-refractivity contribution in [3.8, 4) is 0 Å². The molecule has 1 N–H and O–H groups in total. The van der Waals surface area contributed by atoms with Gasteiger partial charge in [0.15, 0.2) is 6.10 Å². The van der Waals surface area contributed by atoms with Gasteiger partial charge in [-0.25, -0.2) is 9.59 Å². The predicted octanol–water partition coefficient (Wildman–Crippen LogP) is 3.71. The summed E-state index contributed by atoms with van der Waals surface area (Å²) in [6.45, 7) is 4.02. The Balaban J connectivity index is 2.28. The molecule has 0 saturated carbocycles. The number of thioether (sulfide) groups is 1. The molecule has 1 aliphatic heterocycles. The van der Waals surface area contributed by atoms with Gasteiger partial charge in [0.05, 0.1) is 18.8 Å². The number of hydrogen-bond acceptors (Lipinski definition) is 9. The van der Waals surface area contributed by atoms with Crippen LogP contribution >= 0.6 is 11.8 Å². The van der Waals surface area contributed by atoms with Crippen LogP contribution < -0.4 is 5.32 Å². The molecule has 9 nitrogen and oxygen atoms in total. The largest absolute Gasteiger partial charge is 0.461 e. The fraction of sp³-hybridized carbons (Fsp3) is 0.567. The van der Waals surface area contributed by atoms with Crippen molar-refractivity contribution in [2.45, 2.75) is 57.6 Å². The molecule has 40 heavy (non-hydrogen) atoms. The number of carbonyl (C=O) groups excluding carboxylic acids is 3. The molecule has 0 bridgehead atoms. The summed E-state index contributed by atoms with van der Waals surface area (Å²) in [6, 6.07) is 8.78. The van der Waals surface area contributed by atoms with Crippen LogP contribution in [0.5, 0.6) is 0 Å². The minimum atomic E-state index is -0.967. The van der Waals surface area contributed by atoms with E-state index in [9.17, 15) is 14.4 Å². The zero-order valence-corrected chi connectivity index (χ0v) is 24.9. The number of cyclic esters (lactones) is 2. The summed E-state index contributed by atoms with van der Waals surface area (Å²) in [4.78, 5) is 38.6. The number of amides is 1. The lowest BCUT2D eigenvalue weighted by molar-refractivity contribution is -0.159. The van der Waals surface area contributed by atoms with Gasteiger partial charge in [-0.3, -0.25) is 4.79 Å². The molecule has 0 spiro atoms. The first-order chi connectivity index (χ1) is 19.3. The molecule has 222 valence electrons. The van der Waals surface area contributed by atoms with E-state index in [2.05, 4.69) is 5.32 Å². The van der Waals surface area contributed by atoms with Gasteiger partial charge in [0, 0.05) is 32.5 Å². The Kier molecular flexibility index (Phi) is 15.6. The lowest BCUT2D eigenvalue weighted by atomic mass is 10.0. The first-order valence-corrected chi connectivity index (χ1v) is 14.9. The van der Waals surface area contributed by atoms with E-state index in [0.29, 0.717) is 12.2 Å². The summed E-state index contributed by atoms with van der Waals surface area (Å²) < 4.78 is 28.2. The SMILES string of the molecule is CO[C@H]1COC(=O)[C@H](CCSC)NC(=O)C/C=C/[C@@H](C)[C@H](OC)COC(=O)[C@@H](OCc2ccccc2)/C=C/[C@@H]1C. The van der Waals surface area contributed by atoms with Crippen molar-refractivity contribution in [2.75, 3.05) is 39.4 Å². The lowest BCUT2D eigenvalue weighted by Crippen LogP contribution is -2.43. The van der Waals surface area contributed by atoms with E-state index in [1.54, 1.807) is 37.1 Å². The van der Waals surface area contributed by atoms with Gasteiger partial charge < -0.3 is 29.0 Å². The summed E-state index contributed by atoms with van der Waals surface area (Å²) in [5, 5.41) is 2.79. The van der Waals surface area contributed by atoms with Crippen LogP contribution in [0.25, 0.3) is 0 Å². The van der Waals surface area contributed by atoms with Gasteiger partial charge in [-0.15, -0.1) is 0 Å². The third-order valence-corrected chi connectivity index (χ3v) is 7.27. The van der Waals surface area contributed by atoms with E-state index >= 15 is 0 Å². The zero-order valence-electron chi connectivity index (χ0n) is 24.1. The van der Waals surface area contributed by atoms with E-state index in [-0.39, 0.29) is 44.0 Å². The molecular formula is C30H43NO8S. The molecule has 1 heterocycles. The Morgan fingerprint density at radius 1 is 0.900 bits per heavy atom. The van der Waals surface area contributed by atoms with Gasteiger partial charge in [-0.2, -0.15) is 11.8 Å². The topological polar surface area (TPSA) is 109 Å². The second kappa shape index (κ2) is 18.6. The average Bonchev–Trinajstić information content (AvgIpc) is 2.95. The van der Waals surface area contributed by atoms with Crippen LogP contribution in [-0.4, -0.2) is 81.6 Å². The molecule has 1 aromatic rings. The Hall–Kier alpha value is -2.66. The first-order valence-electron chi connectivity index (χ1n) is 13.5. The number of rotatable bonds is 8. The van der Waals surface area contributed by atoms with E-state index in [1.807, 2.05) is 56.5 Å². The van der Waals surface area contributed by atoms with Gasteiger partial charge in [-0.05, 0) is 30.1 Å². The normalized spacial score (nSPS) is 29.2. The molecule has 0 fully saturated rings. The van der Waals surface area contributed by atoms with Crippen molar-refractivity contribution in [1.29, 1.82) is 0 Å². The van der Waals surface area contributed by atoms with Crippen molar-refractivity contribution >= 4 is 29.6 Å². The van der Waals surface area contributed by atoms with Crippen molar-refractivity contribution in [3.05, 3.63) is 60.2 Å². The van der Waals surface area contributed by atoms with E-state index < -0.39 is 36.3 Å². The maximum atomic E-state index is 13.1. The monoisotopic (exact) mass is 577 g/mol. The summed E-state index contributed by atoms with van der Waals surface area (Å²) in [5.74, 6) is -1.04. The Morgan fingerprint density at radius 2 is 1.52 bits per heavy atom. The molecule has 0 aromatic heterocycles. The Morgan fingerprint density at radius 3 is 2.15 bits per heavy atom. The second-order valence-corrected chi connectivity index (χ2v) is 10.6. The van der Waals surface area contributed by atoms with Crippen LogP contribution in [0.4, 0.5) is 0 Å². The highest BCUT2D eigenvalue weighted by Gasteiger charge is 2.26. The highest BCUT2D eigenvalue weighted by atomic mass is 32.2. The quantitative estimate of drug-likeness (QED) is 0.365. The summed E-state index contributed by atoms with van der Waals surface area (Å²) in [7, 11) is 3.07. The van der Waals surface area contributed by atoms with Crippen molar-refractivity contribution in [3.63, 3.8) is 0 Å². The fourth-order valence-electron chi connectivity index (χ4n) is 3.99. The van der Waals surface area contributed by atoms with Gasteiger partial charge in [0.2, 0.25) is 5.91 Å². The Bertz CT molecular complexity index is 970. The smallest absolute Gasteiger partial charge is 0.339 e. The van der Waals surface area contributed by atoms with E-state index in [4.69, 9.17) is 23.7 Å². The standard InChI is InChI=1S/C30H43NO8S/c1-21-10-9-13-28(32)31-24(16-17-40-5)29(33)38-19-27(36-4)22(2)14-15-25(30(34)39-20-26(21)35-3)37-18-23-11-7-6-8-12-23/h6-12,14-15,21-22,24-27H,13,16-20H2,1-5H3,(H,31,32)/b10-9+,15-14+/t21-,22+,24+,25+,26-,27+/m1/s1. The van der Waals surface area contributed by atoms with Crippen LogP contribution in [0, 0.1) is 11.8 Å². The molecular weight excluding hydrogens is 534 g/mol. The van der Waals surface area contributed by atoms with Crippen molar-refractivity contribution in [1.82, 2.24) is 5.32 Å². The highest BCUT2D eigenvalue weighted by Crippen LogP contribution is 2.15. The molecule has 1 aliphatic rings. The van der Waals surface area contributed by atoms with Crippen molar-refractivity contribution < 1.29 is 38.1 Å². The number of ether oxygens (including phenoxy) is 5. The third kappa shape index (κ3) is 11.8. The number of benzene rings is 1. The number of esters is 2. The molecule has 0 saturated heterocycles. The molecule has 1 amide bonds. The lowest BCUT2D eigenvalue weighted by Gasteiger charge is -2.23. The predicted molar refractivity (Wildman–Crippen MR) is 155 cm³/mol. The summed E-state index contributed by atoms with van der Waals surface area (Å²) in [6.07, 6.45) is 7.58. The molecule has 0 aliphatic carbocycles. The number of nitrogens with one attached hydrogen (secondary N) is 1. The first kappa shape index (κ1) is 33.5. The molecule has 2 rings (SSSR count). The van der Waals surface area contributed by atoms with Crippen LogP contribution in [0.3, 0.4) is 0 Å². The van der Waals surface area contributed by atoms with Crippen LogP contribution in [0.15, 0.2) is 54.6 Å². The molecule has 0 radical (unpaired) electrons. The minimum Gasteiger partial charge on any atom is -0.461 e. The fourth-order valence-corrected chi connectivity index (χ4v) is 4.47. The minimum absolute atomic E-state index is 0.0145. The second-order valence-electron chi connectivity index (χ2n) is 9.66. The number of hydrogen-bond donors (Lipinski definition) is 1. The summed E-state index contributed by atoms with van der Waals surface area (Å²) >= 11 is 1.58. The molecule has 0 unspecified atom stereocenters. The molecule has 10 heteroatoms.